The van der Waals surface area contributed by atoms with Gasteiger partial charge in [0, 0.05) is 24.8 Å². The highest BCUT2D eigenvalue weighted by molar-refractivity contribution is 5.89. The van der Waals surface area contributed by atoms with Gasteiger partial charge >= 0.3 is 6.16 Å². The number of likely N-dealkylation sites (N-methyl/N-ethyl adjacent to an activating group) is 1. The van der Waals surface area contributed by atoms with Gasteiger partial charge < -0.3 is 19.7 Å². The largest absolute Gasteiger partial charge is 0.513 e. The van der Waals surface area contributed by atoms with Crippen LogP contribution in [0.3, 0.4) is 0 Å². The SMILES string of the molecule is CCN(CCOC(=O)Oc1ccccc1)c1cccc(NC(C)=O)c1. The molecule has 25 heavy (non-hydrogen) atoms. The molecule has 0 heterocycles. The maximum absolute atomic E-state index is 11.7. The van der Waals surface area contributed by atoms with Gasteiger partial charge in [0.1, 0.15) is 12.4 Å². The summed E-state index contributed by atoms with van der Waals surface area (Å²) in [7, 11) is 0. The lowest BCUT2D eigenvalue weighted by Crippen LogP contribution is -2.28. The van der Waals surface area contributed by atoms with Gasteiger partial charge in [-0.15, -0.1) is 0 Å². The molecule has 2 rings (SSSR count). The predicted octanol–water partition coefficient (Wildman–Crippen LogP) is 3.69. The van der Waals surface area contributed by atoms with Crippen LogP contribution in [0.5, 0.6) is 5.75 Å². The number of carbonyl (C=O) groups excluding carboxylic acids is 2. The maximum atomic E-state index is 11.7. The van der Waals surface area contributed by atoms with Crippen molar-refractivity contribution in [2.75, 3.05) is 29.9 Å². The Bertz CT molecular complexity index is 704. The molecule has 132 valence electrons. The van der Waals surface area contributed by atoms with Crippen LogP contribution in [0.1, 0.15) is 13.8 Å². The van der Waals surface area contributed by atoms with Gasteiger partial charge in [0.15, 0.2) is 0 Å². The molecule has 0 aromatic heterocycles. The minimum absolute atomic E-state index is 0.118. The Balaban J connectivity index is 1.85. The third kappa shape index (κ3) is 6.18. The second kappa shape index (κ2) is 9.32. The first-order chi connectivity index (χ1) is 12.1. The van der Waals surface area contributed by atoms with E-state index in [1.807, 2.05) is 42.2 Å². The lowest BCUT2D eigenvalue weighted by Gasteiger charge is -2.23. The van der Waals surface area contributed by atoms with Gasteiger partial charge in [0.25, 0.3) is 0 Å². The molecule has 6 heteroatoms. The van der Waals surface area contributed by atoms with E-state index >= 15 is 0 Å². The fourth-order valence-corrected chi connectivity index (χ4v) is 2.31. The van der Waals surface area contributed by atoms with Crippen LogP contribution in [0.15, 0.2) is 54.6 Å². The van der Waals surface area contributed by atoms with E-state index in [1.54, 1.807) is 24.3 Å². The number of nitrogens with zero attached hydrogens (tertiary/aromatic N) is 1. The van der Waals surface area contributed by atoms with Crippen LogP contribution in [0.25, 0.3) is 0 Å². The summed E-state index contributed by atoms with van der Waals surface area (Å²) in [5.74, 6) is 0.329. The van der Waals surface area contributed by atoms with Crippen molar-refractivity contribution in [1.82, 2.24) is 0 Å². The lowest BCUT2D eigenvalue weighted by molar-refractivity contribution is -0.114. The molecule has 0 spiro atoms. The highest BCUT2D eigenvalue weighted by Gasteiger charge is 2.09. The maximum Gasteiger partial charge on any atom is 0.513 e. The summed E-state index contributed by atoms with van der Waals surface area (Å²) >= 11 is 0. The topological polar surface area (TPSA) is 67.9 Å². The Kier molecular flexibility index (Phi) is 6.83. The van der Waals surface area contributed by atoms with Gasteiger partial charge in [-0.25, -0.2) is 4.79 Å². The zero-order valence-electron chi connectivity index (χ0n) is 14.4. The Labute approximate surface area is 147 Å². The van der Waals surface area contributed by atoms with E-state index in [2.05, 4.69) is 5.32 Å². The molecule has 1 amide bonds. The zero-order valence-corrected chi connectivity index (χ0v) is 14.4. The number of amides is 1. The summed E-state index contributed by atoms with van der Waals surface area (Å²) in [6.07, 6.45) is -0.728. The molecule has 0 saturated heterocycles. The number of hydrogen-bond donors (Lipinski definition) is 1. The van der Waals surface area contributed by atoms with Crippen molar-refractivity contribution in [2.45, 2.75) is 13.8 Å². The van der Waals surface area contributed by atoms with Crippen LogP contribution >= 0.6 is 0 Å². The number of para-hydroxylation sites is 1. The quantitative estimate of drug-likeness (QED) is 0.614. The number of carbonyl (C=O) groups is 2. The zero-order chi connectivity index (χ0) is 18.1. The molecule has 0 fully saturated rings. The highest BCUT2D eigenvalue weighted by Crippen LogP contribution is 2.19. The molecule has 0 atom stereocenters. The van der Waals surface area contributed by atoms with Gasteiger partial charge in [-0.05, 0) is 37.3 Å². The first kappa shape index (κ1) is 18.3. The van der Waals surface area contributed by atoms with E-state index in [1.165, 1.54) is 6.92 Å². The first-order valence-corrected chi connectivity index (χ1v) is 8.10. The number of hydrogen-bond acceptors (Lipinski definition) is 5. The van der Waals surface area contributed by atoms with Gasteiger partial charge in [0.05, 0.1) is 6.54 Å². The smallest absolute Gasteiger partial charge is 0.432 e. The fourth-order valence-electron chi connectivity index (χ4n) is 2.31. The van der Waals surface area contributed by atoms with Crippen molar-refractivity contribution in [1.29, 1.82) is 0 Å². The standard InChI is InChI=1S/C19H22N2O4/c1-3-21(17-9-7-8-16(14-17)20-15(2)22)12-13-24-19(23)25-18-10-5-4-6-11-18/h4-11,14H,3,12-13H2,1-2H3,(H,20,22). The molecule has 0 saturated carbocycles. The van der Waals surface area contributed by atoms with E-state index in [9.17, 15) is 9.59 Å². The molecule has 1 N–H and O–H groups in total. The van der Waals surface area contributed by atoms with E-state index in [0.29, 0.717) is 12.3 Å². The molecular formula is C19H22N2O4. The monoisotopic (exact) mass is 342 g/mol. The average molecular weight is 342 g/mol. The second-order valence-electron chi connectivity index (χ2n) is 5.32. The number of rotatable bonds is 7. The molecule has 0 radical (unpaired) electrons. The van der Waals surface area contributed by atoms with Crippen LogP contribution in [0.2, 0.25) is 0 Å². The third-order valence-electron chi connectivity index (χ3n) is 3.44. The summed E-state index contributed by atoms with van der Waals surface area (Å²) < 4.78 is 10.2. The van der Waals surface area contributed by atoms with Crippen LogP contribution < -0.4 is 15.0 Å². The van der Waals surface area contributed by atoms with Gasteiger partial charge in [0.2, 0.25) is 5.91 Å². The summed E-state index contributed by atoms with van der Waals surface area (Å²) in [5.41, 5.74) is 1.67. The van der Waals surface area contributed by atoms with E-state index in [-0.39, 0.29) is 12.5 Å². The molecule has 2 aromatic carbocycles. The van der Waals surface area contributed by atoms with E-state index < -0.39 is 6.16 Å². The lowest BCUT2D eigenvalue weighted by atomic mass is 10.2. The molecular weight excluding hydrogens is 320 g/mol. The molecule has 2 aromatic rings. The number of nitrogens with one attached hydrogen (secondary N) is 1. The highest BCUT2D eigenvalue weighted by atomic mass is 16.7. The van der Waals surface area contributed by atoms with Gasteiger partial charge in [-0.2, -0.15) is 0 Å². The van der Waals surface area contributed by atoms with Crippen molar-refractivity contribution in [2.24, 2.45) is 0 Å². The van der Waals surface area contributed by atoms with Crippen LogP contribution in [0.4, 0.5) is 16.2 Å². The van der Waals surface area contributed by atoms with Gasteiger partial charge in [-0.1, -0.05) is 24.3 Å². The summed E-state index contributed by atoms with van der Waals surface area (Å²) in [5, 5.41) is 2.75. The molecule has 6 nitrogen and oxygen atoms in total. The first-order valence-electron chi connectivity index (χ1n) is 8.10. The van der Waals surface area contributed by atoms with E-state index in [0.717, 1.165) is 17.9 Å². The third-order valence-corrected chi connectivity index (χ3v) is 3.44. The normalized spacial score (nSPS) is 10.0. The van der Waals surface area contributed by atoms with Gasteiger partial charge in [-0.3, -0.25) is 4.79 Å². The molecule has 0 aliphatic carbocycles. The van der Waals surface area contributed by atoms with Crippen molar-refractivity contribution in [3.05, 3.63) is 54.6 Å². The van der Waals surface area contributed by atoms with Crippen LogP contribution in [-0.4, -0.2) is 31.8 Å². The summed E-state index contributed by atoms with van der Waals surface area (Å²) in [6, 6.07) is 16.3. The minimum atomic E-state index is -0.728. The molecule has 0 aliphatic heterocycles. The molecule has 0 unspecified atom stereocenters. The van der Waals surface area contributed by atoms with Crippen LogP contribution in [-0.2, 0) is 9.53 Å². The van der Waals surface area contributed by atoms with Crippen molar-refractivity contribution in [3.8, 4) is 5.75 Å². The van der Waals surface area contributed by atoms with E-state index in [4.69, 9.17) is 9.47 Å². The Morgan fingerprint density at radius 1 is 1.08 bits per heavy atom. The Morgan fingerprint density at radius 2 is 1.84 bits per heavy atom. The minimum Gasteiger partial charge on any atom is -0.432 e. The molecule has 0 bridgehead atoms. The van der Waals surface area contributed by atoms with Crippen LogP contribution in [0, 0.1) is 0 Å². The fraction of sp³-hybridized carbons (Fsp3) is 0.263. The second-order valence-corrected chi connectivity index (χ2v) is 5.32. The predicted molar refractivity (Wildman–Crippen MR) is 97.1 cm³/mol. The number of benzene rings is 2. The Hall–Kier alpha value is -3.02. The van der Waals surface area contributed by atoms with Crippen molar-refractivity contribution in [3.63, 3.8) is 0 Å². The summed E-state index contributed by atoms with van der Waals surface area (Å²) in [6.45, 7) is 4.93. The summed E-state index contributed by atoms with van der Waals surface area (Å²) in [4.78, 5) is 24.9. The number of ether oxygens (including phenoxy) is 2. The van der Waals surface area contributed by atoms with Crippen molar-refractivity contribution < 1.29 is 19.1 Å². The Morgan fingerprint density at radius 3 is 2.52 bits per heavy atom. The van der Waals surface area contributed by atoms with Crippen molar-refractivity contribution >= 4 is 23.4 Å². The molecule has 0 aliphatic rings. The average Bonchev–Trinajstić information content (AvgIpc) is 2.59. The number of anilines is 2.